The van der Waals surface area contributed by atoms with Gasteiger partial charge in [0.25, 0.3) is 0 Å². The van der Waals surface area contributed by atoms with Gasteiger partial charge in [-0.15, -0.1) is 0 Å². The van der Waals surface area contributed by atoms with E-state index in [4.69, 9.17) is 4.74 Å². The van der Waals surface area contributed by atoms with E-state index in [1.54, 1.807) is 25.3 Å². The molecule has 1 N–H and O–H groups in total. The lowest BCUT2D eigenvalue weighted by Crippen LogP contribution is -2.27. The van der Waals surface area contributed by atoms with Crippen molar-refractivity contribution in [3.63, 3.8) is 0 Å². The Morgan fingerprint density at radius 2 is 1.67 bits per heavy atom. The number of rotatable bonds is 5. The predicted octanol–water partition coefficient (Wildman–Crippen LogP) is 4.26. The first-order valence-electron chi connectivity index (χ1n) is 7.59. The van der Waals surface area contributed by atoms with Gasteiger partial charge in [-0.05, 0) is 90.7 Å². The average molecular weight is 459 g/mol. The highest BCUT2D eigenvalue weighted by atomic mass is 127. The van der Waals surface area contributed by atoms with Gasteiger partial charge in [-0.1, -0.05) is 12.1 Å². The van der Waals surface area contributed by atoms with Gasteiger partial charge in [0, 0.05) is 6.04 Å². The molecular weight excluding hydrogens is 437 g/mol. The van der Waals surface area contributed by atoms with Gasteiger partial charge in [0.05, 0.1) is 15.6 Å². The summed E-state index contributed by atoms with van der Waals surface area (Å²) in [6.07, 6.45) is 0. The molecule has 0 spiro atoms. The zero-order valence-corrected chi connectivity index (χ0v) is 17.4. The molecule has 0 amide bonds. The second-order valence-electron chi connectivity index (χ2n) is 5.93. The molecule has 0 radical (unpaired) electrons. The summed E-state index contributed by atoms with van der Waals surface area (Å²) in [7, 11) is -2.04. The van der Waals surface area contributed by atoms with Crippen LogP contribution in [0.15, 0.2) is 35.2 Å². The van der Waals surface area contributed by atoms with E-state index in [0.29, 0.717) is 5.75 Å². The number of halogens is 1. The zero-order chi connectivity index (χ0) is 18.1. The second kappa shape index (κ2) is 7.41. The number of hydrogen-bond donors (Lipinski definition) is 1. The van der Waals surface area contributed by atoms with Crippen LogP contribution in [-0.4, -0.2) is 15.5 Å². The van der Waals surface area contributed by atoms with E-state index < -0.39 is 10.0 Å². The van der Waals surface area contributed by atoms with E-state index in [2.05, 4.69) is 46.4 Å². The first-order valence-corrected chi connectivity index (χ1v) is 10.2. The van der Waals surface area contributed by atoms with Crippen molar-refractivity contribution >= 4 is 32.6 Å². The third-order valence-corrected chi connectivity index (χ3v) is 6.50. The van der Waals surface area contributed by atoms with Crippen molar-refractivity contribution in [3.8, 4) is 5.75 Å². The van der Waals surface area contributed by atoms with Crippen molar-refractivity contribution in [1.29, 1.82) is 0 Å². The monoisotopic (exact) mass is 459 g/mol. The van der Waals surface area contributed by atoms with Crippen molar-refractivity contribution < 1.29 is 13.2 Å². The van der Waals surface area contributed by atoms with Gasteiger partial charge in [-0.3, -0.25) is 0 Å². The van der Waals surface area contributed by atoms with Gasteiger partial charge in [0.15, 0.2) is 0 Å². The minimum absolute atomic E-state index is 0.237. The largest absolute Gasteiger partial charge is 0.496 e. The highest BCUT2D eigenvalue weighted by Gasteiger charge is 2.21. The molecule has 0 bridgehead atoms. The lowest BCUT2D eigenvalue weighted by molar-refractivity contribution is 0.411. The molecule has 0 aliphatic carbocycles. The third-order valence-electron chi connectivity index (χ3n) is 4.11. The fraction of sp³-hybridized carbons (Fsp3) is 0.333. The lowest BCUT2D eigenvalue weighted by atomic mass is 9.97. The van der Waals surface area contributed by atoms with Gasteiger partial charge >= 0.3 is 0 Å². The van der Waals surface area contributed by atoms with Crippen LogP contribution >= 0.6 is 22.6 Å². The predicted molar refractivity (Wildman–Crippen MR) is 105 cm³/mol. The normalized spacial score (nSPS) is 12.9. The van der Waals surface area contributed by atoms with Crippen LogP contribution in [-0.2, 0) is 10.0 Å². The average Bonchev–Trinajstić information content (AvgIpc) is 2.50. The second-order valence-corrected chi connectivity index (χ2v) is 8.81. The summed E-state index contributed by atoms with van der Waals surface area (Å²) in [5.41, 5.74) is 4.43. The minimum Gasteiger partial charge on any atom is -0.496 e. The Morgan fingerprint density at radius 3 is 2.25 bits per heavy atom. The molecule has 0 aliphatic rings. The topological polar surface area (TPSA) is 55.4 Å². The molecule has 0 fully saturated rings. The van der Waals surface area contributed by atoms with E-state index in [0.717, 1.165) is 20.3 Å². The Balaban J connectivity index is 2.32. The van der Waals surface area contributed by atoms with Gasteiger partial charge in [0.1, 0.15) is 5.75 Å². The van der Waals surface area contributed by atoms with Crippen LogP contribution in [0.5, 0.6) is 5.75 Å². The number of sulfonamides is 1. The smallest absolute Gasteiger partial charge is 0.241 e. The van der Waals surface area contributed by atoms with E-state index in [1.807, 2.05) is 20.8 Å². The fourth-order valence-corrected chi connectivity index (χ4v) is 4.82. The van der Waals surface area contributed by atoms with Crippen LogP contribution < -0.4 is 9.46 Å². The number of nitrogens with one attached hydrogen (secondary N) is 1. The molecular formula is C18H22INO3S. The zero-order valence-electron chi connectivity index (χ0n) is 14.5. The van der Waals surface area contributed by atoms with Crippen LogP contribution in [0.4, 0.5) is 0 Å². The summed E-state index contributed by atoms with van der Waals surface area (Å²) in [5.74, 6) is 0.660. The molecule has 6 heteroatoms. The molecule has 24 heavy (non-hydrogen) atoms. The van der Waals surface area contributed by atoms with E-state index in [1.165, 1.54) is 5.56 Å². The molecule has 2 aromatic rings. The summed E-state index contributed by atoms with van der Waals surface area (Å²) in [6.45, 7) is 7.96. The van der Waals surface area contributed by atoms with Crippen LogP contribution in [0.1, 0.15) is 35.2 Å². The minimum atomic E-state index is -3.61. The van der Waals surface area contributed by atoms with Crippen molar-refractivity contribution in [2.24, 2.45) is 0 Å². The maximum absolute atomic E-state index is 12.7. The Bertz CT molecular complexity index is 863. The molecule has 0 saturated carbocycles. The molecule has 0 aliphatic heterocycles. The molecule has 130 valence electrons. The maximum Gasteiger partial charge on any atom is 0.241 e. The SMILES string of the molecule is COc1ccc(S(=O)(=O)NC(C)c2cc(C)c(C)cc2C)cc1I. The Morgan fingerprint density at radius 1 is 1.04 bits per heavy atom. The van der Waals surface area contributed by atoms with Crippen LogP contribution in [0.2, 0.25) is 0 Å². The molecule has 1 unspecified atom stereocenters. The quantitative estimate of drug-likeness (QED) is 0.680. The summed E-state index contributed by atoms with van der Waals surface area (Å²) in [4.78, 5) is 0.237. The number of hydrogen-bond acceptors (Lipinski definition) is 3. The summed E-state index contributed by atoms with van der Waals surface area (Å²) >= 11 is 2.07. The van der Waals surface area contributed by atoms with E-state index in [-0.39, 0.29) is 10.9 Å². The first-order chi connectivity index (χ1) is 11.2. The molecule has 0 aromatic heterocycles. The third kappa shape index (κ3) is 4.10. The molecule has 2 aromatic carbocycles. The standard InChI is InChI=1S/C18H22INO3S/c1-11-8-13(3)16(9-12(11)2)14(4)20-24(21,22)15-6-7-18(23-5)17(19)10-15/h6-10,14,20H,1-5H3. The highest BCUT2D eigenvalue weighted by Crippen LogP contribution is 2.26. The van der Waals surface area contributed by atoms with Crippen LogP contribution in [0, 0.1) is 24.3 Å². The molecule has 1 atom stereocenters. The molecule has 0 heterocycles. The number of benzene rings is 2. The van der Waals surface area contributed by atoms with E-state index in [9.17, 15) is 8.42 Å². The lowest BCUT2D eigenvalue weighted by Gasteiger charge is -2.19. The Labute approximate surface area is 157 Å². The van der Waals surface area contributed by atoms with E-state index >= 15 is 0 Å². The Kier molecular flexibility index (Phi) is 5.93. The van der Waals surface area contributed by atoms with Crippen molar-refractivity contribution in [2.75, 3.05) is 7.11 Å². The van der Waals surface area contributed by atoms with Gasteiger partial charge in [-0.25, -0.2) is 13.1 Å². The van der Waals surface area contributed by atoms with Crippen LogP contribution in [0.3, 0.4) is 0 Å². The molecule has 4 nitrogen and oxygen atoms in total. The maximum atomic E-state index is 12.7. The highest BCUT2D eigenvalue weighted by molar-refractivity contribution is 14.1. The summed E-state index contributed by atoms with van der Waals surface area (Å²) < 4.78 is 34.1. The van der Waals surface area contributed by atoms with Gasteiger partial charge in [-0.2, -0.15) is 0 Å². The van der Waals surface area contributed by atoms with Gasteiger partial charge in [0.2, 0.25) is 10.0 Å². The summed E-state index contributed by atoms with van der Waals surface area (Å²) in [5, 5.41) is 0. The van der Waals surface area contributed by atoms with Crippen LogP contribution in [0.25, 0.3) is 0 Å². The number of aryl methyl sites for hydroxylation is 3. The first kappa shape index (κ1) is 19.2. The number of methoxy groups -OCH3 is 1. The Hall–Kier alpha value is -1.12. The van der Waals surface area contributed by atoms with Crippen molar-refractivity contribution in [1.82, 2.24) is 4.72 Å². The molecule has 0 saturated heterocycles. The van der Waals surface area contributed by atoms with Crippen molar-refractivity contribution in [2.45, 2.75) is 38.6 Å². The van der Waals surface area contributed by atoms with Gasteiger partial charge < -0.3 is 4.74 Å². The molecule has 2 rings (SSSR count). The van der Waals surface area contributed by atoms with Crippen molar-refractivity contribution in [3.05, 3.63) is 56.2 Å². The summed E-state index contributed by atoms with van der Waals surface area (Å²) in [6, 6.07) is 8.67. The fourth-order valence-electron chi connectivity index (χ4n) is 2.63. The number of ether oxygens (including phenoxy) is 1.